The first-order valence-electron chi connectivity index (χ1n) is 13.2. The van der Waals surface area contributed by atoms with Crippen LogP contribution in [0.5, 0.6) is 0 Å². The van der Waals surface area contributed by atoms with Crippen LogP contribution in [0.3, 0.4) is 0 Å². The van der Waals surface area contributed by atoms with E-state index in [1.165, 1.54) is 58.3 Å². The van der Waals surface area contributed by atoms with E-state index in [-0.39, 0.29) is 0 Å². The van der Waals surface area contributed by atoms with Gasteiger partial charge < -0.3 is 4.57 Å². The van der Waals surface area contributed by atoms with Gasteiger partial charge in [0.05, 0.1) is 32.5 Å². The van der Waals surface area contributed by atoms with Crippen LogP contribution in [0.2, 0.25) is 0 Å². The molecule has 0 saturated carbocycles. The van der Waals surface area contributed by atoms with Crippen LogP contribution < -0.4 is 0 Å². The summed E-state index contributed by atoms with van der Waals surface area (Å²) in [4.78, 5) is 5.06. The number of nitrogens with zero attached hydrogens (tertiary/aromatic N) is 3. The fourth-order valence-corrected chi connectivity index (χ4v) is 7.56. The second-order valence-electron chi connectivity index (χ2n) is 10.0. The lowest BCUT2D eigenvalue weighted by atomic mass is 10.1. The second-order valence-corrected chi connectivity index (χ2v) is 11.1. The van der Waals surface area contributed by atoms with Crippen molar-refractivity contribution in [3.05, 3.63) is 128 Å². The normalized spacial score (nSPS) is 12.1. The number of para-hydroxylation sites is 4. The summed E-state index contributed by atoms with van der Waals surface area (Å²) in [5, 5.41) is 7.51. The molecule has 4 aromatic heterocycles. The topological polar surface area (TPSA) is 22.8 Å². The van der Waals surface area contributed by atoms with Crippen molar-refractivity contribution < 1.29 is 0 Å². The van der Waals surface area contributed by atoms with Crippen molar-refractivity contribution in [3.63, 3.8) is 0 Å². The van der Waals surface area contributed by atoms with Crippen LogP contribution in [0.15, 0.2) is 128 Å². The van der Waals surface area contributed by atoms with E-state index in [4.69, 9.17) is 4.98 Å². The zero-order chi connectivity index (χ0) is 25.5. The molecule has 9 rings (SSSR count). The molecular weight excluding hydrogens is 494 g/mol. The van der Waals surface area contributed by atoms with Crippen molar-refractivity contribution in [3.8, 4) is 11.5 Å². The molecule has 0 unspecified atom stereocenters. The van der Waals surface area contributed by atoms with Gasteiger partial charge in [0.1, 0.15) is 0 Å². The predicted molar refractivity (Wildman–Crippen MR) is 166 cm³/mol. The number of pyridine rings is 1. The van der Waals surface area contributed by atoms with Crippen LogP contribution in [0.25, 0.3) is 75.3 Å². The highest BCUT2D eigenvalue weighted by atomic mass is 32.1. The molecule has 0 bridgehead atoms. The van der Waals surface area contributed by atoms with E-state index in [0.29, 0.717) is 0 Å². The number of hydrogen-bond acceptors (Lipinski definition) is 2. The molecule has 0 atom stereocenters. The molecule has 5 aromatic carbocycles. The van der Waals surface area contributed by atoms with Crippen molar-refractivity contribution in [1.82, 2.24) is 14.1 Å². The summed E-state index contributed by atoms with van der Waals surface area (Å²) in [6.45, 7) is 0. The fraction of sp³-hybridized carbons (Fsp3) is 0. The summed E-state index contributed by atoms with van der Waals surface area (Å²) in [6.07, 6.45) is 1.96. The Morgan fingerprint density at radius 1 is 0.462 bits per heavy atom. The number of rotatable bonds is 2. The minimum Gasteiger partial charge on any atom is -0.307 e. The molecule has 4 heteroatoms. The van der Waals surface area contributed by atoms with Gasteiger partial charge in [-0.1, -0.05) is 84.9 Å². The molecule has 0 fully saturated rings. The van der Waals surface area contributed by atoms with Crippen LogP contribution in [0, 0.1) is 0 Å². The van der Waals surface area contributed by atoms with Crippen LogP contribution in [0.1, 0.15) is 0 Å². The Hall–Kier alpha value is -4.93. The summed E-state index contributed by atoms with van der Waals surface area (Å²) < 4.78 is 7.30. The Morgan fingerprint density at radius 3 is 1.74 bits per heavy atom. The smallest absolute Gasteiger partial charge is 0.155 e. The molecule has 0 aliphatic rings. The SMILES string of the molecule is c1ccc2c(c1)sc1c(-n3c4ccccc4c4cccc(-n5c6ccccc6c6ccccc65)c43)nccc12. The Bertz CT molecular complexity index is 2350. The van der Waals surface area contributed by atoms with Gasteiger partial charge in [0, 0.05) is 43.2 Å². The molecular formula is C35H21N3S. The van der Waals surface area contributed by atoms with E-state index >= 15 is 0 Å². The summed E-state index contributed by atoms with van der Waals surface area (Å²) in [5.74, 6) is 0.980. The Labute approximate surface area is 227 Å². The third-order valence-corrected chi connectivity index (χ3v) is 9.16. The predicted octanol–water partition coefficient (Wildman–Crippen LogP) is 9.64. The fourth-order valence-electron chi connectivity index (χ4n) is 6.38. The van der Waals surface area contributed by atoms with Crippen molar-refractivity contribution in [2.24, 2.45) is 0 Å². The van der Waals surface area contributed by atoms with E-state index in [1.807, 2.05) is 17.5 Å². The molecule has 0 radical (unpaired) electrons. The highest BCUT2D eigenvalue weighted by Gasteiger charge is 2.21. The maximum Gasteiger partial charge on any atom is 0.155 e. The molecule has 4 heterocycles. The van der Waals surface area contributed by atoms with Gasteiger partial charge >= 0.3 is 0 Å². The largest absolute Gasteiger partial charge is 0.307 e. The molecule has 0 saturated heterocycles. The maximum atomic E-state index is 5.06. The molecule has 39 heavy (non-hydrogen) atoms. The lowest BCUT2D eigenvalue weighted by Crippen LogP contribution is -2.02. The first kappa shape index (κ1) is 21.1. The highest BCUT2D eigenvalue weighted by Crippen LogP contribution is 2.42. The van der Waals surface area contributed by atoms with Crippen LogP contribution in [0.4, 0.5) is 0 Å². The standard InChI is InChI=1S/C35H21N3S/c1-5-15-28-22(10-1)23-11-2-6-16-29(23)37(28)31-18-9-14-26-24-12-3-7-17-30(24)38(33(26)31)35-34-27(20-21-36-35)25-13-4-8-19-32(25)39-34/h1-21H. The molecule has 9 aromatic rings. The lowest BCUT2D eigenvalue weighted by Gasteiger charge is -2.14. The molecule has 0 aliphatic carbocycles. The van der Waals surface area contributed by atoms with Crippen molar-refractivity contribution in [1.29, 1.82) is 0 Å². The molecule has 0 N–H and O–H groups in total. The van der Waals surface area contributed by atoms with Gasteiger partial charge in [-0.05, 0) is 36.4 Å². The Morgan fingerprint density at radius 2 is 1.03 bits per heavy atom. The van der Waals surface area contributed by atoms with E-state index in [1.54, 1.807) is 0 Å². The molecule has 182 valence electrons. The van der Waals surface area contributed by atoms with Gasteiger partial charge in [0.15, 0.2) is 5.82 Å². The van der Waals surface area contributed by atoms with E-state index in [2.05, 4.69) is 130 Å². The summed E-state index contributed by atoms with van der Waals surface area (Å²) >= 11 is 1.82. The quantitative estimate of drug-likeness (QED) is 0.225. The van der Waals surface area contributed by atoms with Crippen molar-refractivity contribution in [2.75, 3.05) is 0 Å². The molecule has 0 spiro atoms. The summed E-state index contributed by atoms with van der Waals surface area (Å²) in [5.41, 5.74) is 5.90. The number of fused-ring (bicyclic) bond motifs is 9. The Kier molecular flexibility index (Phi) is 4.21. The summed E-state index contributed by atoms with van der Waals surface area (Å²) in [6, 6.07) is 43.6. The zero-order valence-electron chi connectivity index (χ0n) is 20.9. The van der Waals surface area contributed by atoms with Crippen LogP contribution in [-0.2, 0) is 0 Å². The third kappa shape index (κ3) is 2.78. The zero-order valence-corrected chi connectivity index (χ0v) is 21.7. The number of aromatic nitrogens is 3. The molecule has 0 aliphatic heterocycles. The van der Waals surface area contributed by atoms with Gasteiger partial charge in [-0.3, -0.25) is 4.57 Å². The van der Waals surface area contributed by atoms with Gasteiger partial charge in [-0.2, -0.15) is 0 Å². The highest BCUT2D eigenvalue weighted by molar-refractivity contribution is 7.26. The van der Waals surface area contributed by atoms with Crippen molar-refractivity contribution >= 4 is 75.1 Å². The lowest BCUT2D eigenvalue weighted by molar-refractivity contribution is 1.08. The minimum absolute atomic E-state index is 0.980. The van der Waals surface area contributed by atoms with Gasteiger partial charge in [0.25, 0.3) is 0 Å². The molecule has 3 nitrogen and oxygen atoms in total. The number of hydrogen-bond donors (Lipinski definition) is 0. The first-order valence-corrected chi connectivity index (χ1v) is 14.0. The minimum atomic E-state index is 0.980. The monoisotopic (exact) mass is 515 g/mol. The molecule has 0 amide bonds. The number of benzene rings is 5. The van der Waals surface area contributed by atoms with Crippen LogP contribution >= 0.6 is 11.3 Å². The van der Waals surface area contributed by atoms with Gasteiger partial charge in [-0.15, -0.1) is 11.3 Å². The van der Waals surface area contributed by atoms with Gasteiger partial charge in [0.2, 0.25) is 0 Å². The average Bonchev–Trinajstić information content (AvgIpc) is 3.65. The first-order chi connectivity index (χ1) is 19.4. The summed E-state index contributed by atoms with van der Waals surface area (Å²) in [7, 11) is 0. The second kappa shape index (κ2) is 7.79. The Balaban J connectivity index is 1.50. The average molecular weight is 516 g/mol. The number of thiophene rings is 1. The van der Waals surface area contributed by atoms with Crippen molar-refractivity contribution in [2.45, 2.75) is 0 Å². The third-order valence-electron chi connectivity index (χ3n) is 7.98. The van der Waals surface area contributed by atoms with E-state index in [0.717, 1.165) is 17.0 Å². The van der Waals surface area contributed by atoms with E-state index < -0.39 is 0 Å². The van der Waals surface area contributed by atoms with E-state index in [9.17, 15) is 0 Å². The van der Waals surface area contributed by atoms with Crippen LogP contribution in [-0.4, -0.2) is 14.1 Å². The maximum absolute atomic E-state index is 5.06. The van der Waals surface area contributed by atoms with Gasteiger partial charge in [-0.25, -0.2) is 4.98 Å².